The zero-order valence-electron chi connectivity index (χ0n) is 9.40. The van der Waals surface area contributed by atoms with Gasteiger partial charge in [-0.25, -0.2) is 0 Å². The van der Waals surface area contributed by atoms with Crippen LogP contribution in [-0.4, -0.2) is 41.5 Å². The van der Waals surface area contributed by atoms with Gasteiger partial charge in [0.15, 0.2) is 0 Å². The van der Waals surface area contributed by atoms with E-state index in [4.69, 9.17) is 23.2 Å². The molecule has 5 heteroatoms. The lowest BCUT2D eigenvalue weighted by atomic mass is 10.3. The van der Waals surface area contributed by atoms with Gasteiger partial charge in [0.25, 0.3) is 0 Å². The number of β-amino-alcohol motifs (C(OH)–C–C–N with tert-alkyl or cyclic N) is 1. The first-order valence-electron chi connectivity index (χ1n) is 5.63. The zero-order chi connectivity index (χ0) is 12.3. The van der Waals surface area contributed by atoms with Crippen molar-refractivity contribution in [1.82, 2.24) is 4.90 Å². The molecule has 0 aromatic heterocycles. The smallest absolute Gasteiger partial charge is 0.0679 e. The van der Waals surface area contributed by atoms with E-state index < -0.39 is 0 Å². The predicted molar refractivity (Wildman–Crippen MR) is 74.2 cm³/mol. The van der Waals surface area contributed by atoms with Gasteiger partial charge in [0.05, 0.1) is 11.1 Å². The van der Waals surface area contributed by atoms with Crippen LogP contribution in [-0.2, 0) is 0 Å². The standard InChI is InChI=1S/C12H15Cl2NOS/c13-9-1-2-11(14)12(7-9)17-6-5-15-4-3-10(16)8-15/h1-2,7,10,16H,3-6,8H2/t10-/m0/s1. The Hall–Kier alpha value is 0.0700. The van der Waals surface area contributed by atoms with E-state index in [0.29, 0.717) is 5.02 Å². The van der Waals surface area contributed by atoms with Gasteiger partial charge in [-0.3, -0.25) is 4.90 Å². The molecule has 1 fully saturated rings. The Balaban J connectivity index is 1.80. The molecular formula is C12H15Cl2NOS. The molecule has 1 aliphatic rings. The summed E-state index contributed by atoms with van der Waals surface area (Å²) >= 11 is 13.7. The van der Waals surface area contributed by atoms with Crippen molar-refractivity contribution < 1.29 is 5.11 Å². The van der Waals surface area contributed by atoms with Crippen molar-refractivity contribution in [2.45, 2.75) is 17.4 Å². The summed E-state index contributed by atoms with van der Waals surface area (Å²) in [5.74, 6) is 0.965. The summed E-state index contributed by atoms with van der Waals surface area (Å²) in [6.45, 7) is 2.76. The van der Waals surface area contributed by atoms with Gasteiger partial charge in [0.2, 0.25) is 0 Å². The van der Waals surface area contributed by atoms with Crippen LogP contribution in [0.25, 0.3) is 0 Å². The van der Waals surface area contributed by atoms with Crippen molar-refractivity contribution in [2.75, 3.05) is 25.4 Å². The fourth-order valence-corrected chi connectivity index (χ4v) is 3.39. The van der Waals surface area contributed by atoms with Gasteiger partial charge in [-0.05, 0) is 24.6 Å². The summed E-state index contributed by atoms with van der Waals surface area (Å²) in [5, 5.41) is 10.9. The molecule has 1 aliphatic heterocycles. The Morgan fingerprint density at radius 1 is 1.41 bits per heavy atom. The quantitative estimate of drug-likeness (QED) is 0.862. The SMILES string of the molecule is O[C@H]1CCN(CCSc2cc(Cl)ccc2Cl)C1. The summed E-state index contributed by atoms with van der Waals surface area (Å²) in [5.41, 5.74) is 0. The lowest BCUT2D eigenvalue weighted by Crippen LogP contribution is -2.24. The molecule has 0 saturated carbocycles. The zero-order valence-corrected chi connectivity index (χ0v) is 11.7. The normalized spacial score (nSPS) is 21.0. The Morgan fingerprint density at radius 2 is 2.24 bits per heavy atom. The highest BCUT2D eigenvalue weighted by Crippen LogP contribution is 2.29. The number of halogens is 2. The number of hydrogen-bond donors (Lipinski definition) is 1. The minimum absolute atomic E-state index is 0.144. The molecule has 0 aliphatic carbocycles. The molecule has 0 unspecified atom stereocenters. The molecule has 0 spiro atoms. The van der Waals surface area contributed by atoms with Crippen LogP contribution in [0.3, 0.4) is 0 Å². The highest BCUT2D eigenvalue weighted by atomic mass is 35.5. The van der Waals surface area contributed by atoms with E-state index >= 15 is 0 Å². The van der Waals surface area contributed by atoms with E-state index in [1.54, 1.807) is 17.8 Å². The molecule has 1 atom stereocenters. The van der Waals surface area contributed by atoms with Gasteiger partial charge in [0, 0.05) is 35.3 Å². The Bertz CT molecular complexity index is 389. The summed E-state index contributed by atoms with van der Waals surface area (Å²) in [7, 11) is 0. The number of rotatable bonds is 4. The van der Waals surface area contributed by atoms with Crippen molar-refractivity contribution in [2.24, 2.45) is 0 Å². The van der Waals surface area contributed by atoms with Crippen molar-refractivity contribution >= 4 is 35.0 Å². The van der Waals surface area contributed by atoms with E-state index in [0.717, 1.165) is 41.7 Å². The molecule has 1 heterocycles. The lowest BCUT2D eigenvalue weighted by Gasteiger charge is -2.14. The van der Waals surface area contributed by atoms with E-state index in [1.807, 2.05) is 12.1 Å². The third-order valence-electron chi connectivity index (χ3n) is 2.81. The van der Waals surface area contributed by atoms with Crippen LogP contribution in [0.4, 0.5) is 0 Å². The maximum atomic E-state index is 9.41. The third-order valence-corrected chi connectivity index (χ3v) is 4.52. The number of hydrogen-bond acceptors (Lipinski definition) is 3. The number of benzene rings is 1. The van der Waals surface area contributed by atoms with Gasteiger partial charge in [-0.1, -0.05) is 23.2 Å². The first-order valence-corrected chi connectivity index (χ1v) is 7.37. The maximum Gasteiger partial charge on any atom is 0.0679 e. The average Bonchev–Trinajstić information content (AvgIpc) is 2.69. The van der Waals surface area contributed by atoms with Crippen LogP contribution >= 0.6 is 35.0 Å². The molecule has 0 amide bonds. The molecule has 2 rings (SSSR count). The first kappa shape index (κ1) is 13.5. The van der Waals surface area contributed by atoms with Gasteiger partial charge >= 0.3 is 0 Å². The molecule has 1 aromatic carbocycles. The Morgan fingerprint density at radius 3 is 2.94 bits per heavy atom. The van der Waals surface area contributed by atoms with E-state index in [2.05, 4.69) is 4.90 Å². The number of aliphatic hydroxyl groups excluding tert-OH is 1. The molecule has 94 valence electrons. The van der Waals surface area contributed by atoms with Crippen molar-refractivity contribution in [3.63, 3.8) is 0 Å². The van der Waals surface area contributed by atoms with Crippen LogP contribution in [0.1, 0.15) is 6.42 Å². The maximum absolute atomic E-state index is 9.41. The van der Waals surface area contributed by atoms with Crippen LogP contribution in [0.15, 0.2) is 23.1 Å². The minimum atomic E-state index is -0.144. The highest BCUT2D eigenvalue weighted by Gasteiger charge is 2.19. The molecule has 1 saturated heterocycles. The van der Waals surface area contributed by atoms with Gasteiger partial charge in [-0.2, -0.15) is 0 Å². The summed E-state index contributed by atoms with van der Waals surface area (Å²) in [4.78, 5) is 3.30. The fraction of sp³-hybridized carbons (Fsp3) is 0.500. The van der Waals surface area contributed by atoms with Crippen molar-refractivity contribution in [3.05, 3.63) is 28.2 Å². The summed E-state index contributed by atoms with van der Waals surface area (Å²) < 4.78 is 0. The predicted octanol–water partition coefficient (Wildman–Crippen LogP) is 3.15. The molecule has 1 aromatic rings. The highest BCUT2D eigenvalue weighted by molar-refractivity contribution is 7.99. The van der Waals surface area contributed by atoms with E-state index in [9.17, 15) is 5.11 Å². The third kappa shape index (κ3) is 4.04. The second-order valence-electron chi connectivity index (χ2n) is 4.17. The van der Waals surface area contributed by atoms with Crippen LogP contribution < -0.4 is 0 Å². The molecule has 1 N–H and O–H groups in total. The fourth-order valence-electron chi connectivity index (χ4n) is 1.89. The lowest BCUT2D eigenvalue weighted by molar-refractivity contribution is 0.178. The van der Waals surface area contributed by atoms with E-state index in [1.165, 1.54) is 0 Å². The monoisotopic (exact) mass is 291 g/mol. The molecule has 17 heavy (non-hydrogen) atoms. The number of thioether (sulfide) groups is 1. The average molecular weight is 292 g/mol. The first-order chi connectivity index (χ1) is 8.15. The summed E-state index contributed by atoms with van der Waals surface area (Å²) in [6.07, 6.45) is 0.748. The number of nitrogens with zero attached hydrogens (tertiary/aromatic N) is 1. The topological polar surface area (TPSA) is 23.5 Å². The van der Waals surface area contributed by atoms with Gasteiger partial charge in [0.1, 0.15) is 0 Å². The largest absolute Gasteiger partial charge is 0.392 e. The van der Waals surface area contributed by atoms with Crippen LogP contribution in [0.5, 0.6) is 0 Å². The Kier molecular flexibility index (Phi) is 5.00. The molecule has 2 nitrogen and oxygen atoms in total. The van der Waals surface area contributed by atoms with Gasteiger partial charge in [-0.15, -0.1) is 11.8 Å². The second kappa shape index (κ2) is 6.30. The second-order valence-corrected chi connectivity index (χ2v) is 6.15. The van der Waals surface area contributed by atoms with Gasteiger partial charge < -0.3 is 5.11 Å². The number of aliphatic hydroxyl groups is 1. The Labute approximate surface area is 116 Å². The van der Waals surface area contributed by atoms with Crippen molar-refractivity contribution in [1.29, 1.82) is 0 Å². The summed E-state index contributed by atoms with van der Waals surface area (Å²) in [6, 6.07) is 5.52. The van der Waals surface area contributed by atoms with Crippen molar-refractivity contribution in [3.8, 4) is 0 Å². The molecule has 0 bridgehead atoms. The minimum Gasteiger partial charge on any atom is -0.392 e. The van der Waals surface area contributed by atoms with Crippen LogP contribution in [0.2, 0.25) is 10.0 Å². The van der Waals surface area contributed by atoms with Crippen LogP contribution in [0, 0.1) is 0 Å². The number of likely N-dealkylation sites (tertiary alicyclic amines) is 1. The molecule has 0 radical (unpaired) electrons. The van der Waals surface area contributed by atoms with E-state index in [-0.39, 0.29) is 6.10 Å². The molecular weight excluding hydrogens is 277 g/mol.